The molecule has 0 radical (unpaired) electrons. The first kappa shape index (κ1) is 18.1. The van der Waals surface area contributed by atoms with Crippen LogP contribution < -0.4 is 21.6 Å². The van der Waals surface area contributed by atoms with Crippen LogP contribution in [0.25, 0.3) is 0 Å². The third kappa shape index (κ3) is 4.66. The zero-order valence-electron chi connectivity index (χ0n) is 14.5. The summed E-state index contributed by atoms with van der Waals surface area (Å²) in [5.74, 6) is 1.44. The number of hydrogen-bond acceptors (Lipinski definition) is 8. The van der Waals surface area contributed by atoms with E-state index in [9.17, 15) is 0 Å². The third-order valence-corrected chi connectivity index (χ3v) is 4.81. The third-order valence-electron chi connectivity index (χ3n) is 4.47. The maximum atomic E-state index is 6.19. The Morgan fingerprint density at radius 2 is 2.16 bits per heavy atom. The van der Waals surface area contributed by atoms with Gasteiger partial charge in [-0.25, -0.2) is 4.98 Å². The molecule has 1 saturated heterocycles. The van der Waals surface area contributed by atoms with E-state index in [4.69, 9.17) is 22.2 Å². The Hall–Kier alpha value is -1.74. The molecule has 3 rings (SSSR count). The van der Waals surface area contributed by atoms with Crippen LogP contribution in [0.1, 0.15) is 31.9 Å². The standard InChI is InChI=1S/C16H24ClN7O/c1-11-15(22-23-25-13-3-6-19-9-12(13)17)21-14(10-20-11)24-7-4-16(2,18)5-8-24/h6,9-10,13,23H,3-5,7-8,18H2,1-2H3,(H,21,22). The average Bonchev–Trinajstić information content (AvgIpc) is 2.58. The van der Waals surface area contributed by atoms with Gasteiger partial charge in [0, 0.05) is 37.5 Å². The minimum Gasteiger partial charge on any atom is -0.355 e. The summed E-state index contributed by atoms with van der Waals surface area (Å²) in [5, 5.41) is 0.548. The minimum absolute atomic E-state index is 0.0960. The summed E-state index contributed by atoms with van der Waals surface area (Å²) < 4.78 is 0. The first-order valence-electron chi connectivity index (χ1n) is 8.36. The maximum Gasteiger partial charge on any atom is 0.165 e. The Morgan fingerprint density at radius 1 is 1.40 bits per heavy atom. The van der Waals surface area contributed by atoms with Gasteiger partial charge in [0.1, 0.15) is 11.9 Å². The first-order chi connectivity index (χ1) is 11.9. The first-order valence-corrected chi connectivity index (χ1v) is 8.74. The molecular weight excluding hydrogens is 342 g/mol. The molecule has 0 aliphatic carbocycles. The summed E-state index contributed by atoms with van der Waals surface area (Å²) in [7, 11) is 0. The number of nitrogens with zero attached hydrogens (tertiary/aromatic N) is 4. The number of halogens is 1. The fraction of sp³-hybridized carbons (Fsp3) is 0.562. The largest absolute Gasteiger partial charge is 0.355 e. The van der Waals surface area contributed by atoms with E-state index in [0.29, 0.717) is 17.3 Å². The molecule has 8 nitrogen and oxygen atoms in total. The van der Waals surface area contributed by atoms with E-state index < -0.39 is 0 Å². The van der Waals surface area contributed by atoms with Crippen LogP contribution in [0.4, 0.5) is 11.6 Å². The molecule has 0 saturated carbocycles. The Morgan fingerprint density at radius 3 is 2.88 bits per heavy atom. The van der Waals surface area contributed by atoms with Crippen molar-refractivity contribution < 1.29 is 4.84 Å². The van der Waals surface area contributed by atoms with Crippen molar-refractivity contribution in [1.82, 2.24) is 15.6 Å². The van der Waals surface area contributed by atoms with Crippen LogP contribution in [0.5, 0.6) is 0 Å². The van der Waals surface area contributed by atoms with Crippen molar-refractivity contribution in [3.63, 3.8) is 0 Å². The number of rotatable bonds is 5. The van der Waals surface area contributed by atoms with Crippen molar-refractivity contribution in [2.75, 3.05) is 23.4 Å². The van der Waals surface area contributed by atoms with Crippen LogP contribution in [-0.4, -0.2) is 40.9 Å². The van der Waals surface area contributed by atoms with E-state index in [0.717, 1.165) is 37.4 Å². The van der Waals surface area contributed by atoms with Crippen molar-refractivity contribution in [2.45, 2.75) is 44.8 Å². The highest BCUT2D eigenvalue weighted by Crippen LogP contribution is 2.24. The highest BCUT2D eigenvalue weighted by molar-refractivity contribution is 6.30. The average molecular weight is 366 g/mol. The molecule has 4 N–H and O–H groups in total. The molecule has 9 heteroatoms. The molecular formula is C16H24ClN7O. The van der Waals surface area contributed by atoms with Crippen molar-refractivity contribution in [3.8, 4) is 0 Å². The number of aliphatic imine (C=N–C) groups is 1. The van der Waals surface area contributed by atoms with Crippen molar-refractivity contribution in [1.29, 1.82) is 0 Å². The van der Waals surface area contributed by atoms with Crippen LogP contribution in [0.15, 0.2) is 22.4 Å². The van der Waals surface area contributed by atoms with Gasteiger partial charge in [0.15, 0.2) is 5.82 Å². The summed E-state index contributed by atoms with van der Waals surface area (Å²) in [6.45, 7) is 5.72. The lowest BCUT2D eigenvalue weighted by Crippen LogP contribution is -2.48. The van der Waals surface area contributed by atoms with Crippen molar-refractivity contribution in [2.24, 2.45) is 10.7 Å². The second-order valence-corrected chi connectivity index (χ2v) is 7.15. The Kier molecular flexibility index (Phi) is 5.53. The van der Waals surface area contributed by atoms with E-state index in [-0.39, 0.29) is 11.6 Å². The zero-order chi connectivity index (χ0) is 17.9. The second kappa shape index (κ2) is 7.65. The van der Waals surface area contributed by atoms with Crippen molar-refractivity contribution >= 4 is 29.5 Å². The lowest BCUT2D eigenvalue weighted by atomic mass is 9.91. The number of hydrazine groups is 1. The number of anilines is 2. The quantitative estimate of drug-likeness (QED) is 0.685. The molecule has 1 aromatic heterocycles. The van der Waals surface area contributed by atoms with Gasteiger partial charge in [0.05, 0.1) is 16.9 Å². The van der Waals surface area contributed by atoms with E-state index in [1.165, 1.54) is 0 Å². The van der Waals surface area contributed by atoms with Crippen LogP contribution in [0.2, 0.25) is 0 Å². The monoisotopic (exact) mass is 365 g/mol. The van der Waals surface area contributed by atoms with Gasteiger partial charge < -0.3 is 10.6 Å². The van der Waals surface area contributed by atoms with Gasteiger partial charge in [0.25, 0.3) is 0 Å². The van der Waals surface area contributed by atoms with E-state index in [2.05, 4.69) is 37.8 Å². The Bertz CT molecular complexity index is 666. The van der Waals surface area contributed by atoms with Gasteiger partial charge in [0.2, 0.25) is 0 Å². The molecule has 2 aliphatic heterocycles. The molecule has 2 aliphatic rings. The summed E-state index contributed by atoms with van der Waals surface area (Å²) in [5.41, 5.74) is 12.5. The number of nitrogens with two attached hydrogens (primary N) is 1. The second-order valence-electron chi connectivity index (χ2n) is 6.72. The predicted octanol–water partition coefficient (Wildman–Crippen LogP) is 1.87. The molecule has 3 heterocycles. The summed E-state index contributed by atoms with van der Waals surface area (Å²) in [4.78, 5) is 20.8. The molecule has 136 valence electrons. The Labute approximate surface area is 152 Å². The number of aromatic nitrogens is 2. The predicted molar refractivity (Wildman–Crippen MR) is 99.5 cm³/mol. The van der Waals surface area contributed by atoms with Gasteiger partial charge >= 0.3 is 0 Å². The number of nitrogens with one attached hydrogen (secondary N) is 2. The topological polar surface area (TPSA) is 101 Å². The van der Waals surface area contributed by atoms with Crippen molar-refractivity contribution in [3.05, 3.63) is 23.1 Å². The lowest BCUT2D eigenvalue weighted by molar-refractivity contribution is 0.0154. The van der Waals surface area contributed by atoms with E-state index >= 15 is 0 Å². The minimum atomic E-state index is -0.271. The van der Waals surface area contributed by atoms with Crippen LogP contribution in [0, 0.1) is 6.92 Å². The molecule has 1 aromatic rings. The molecule has 0 aromatic carbocycles. The highest BCUT2D eigenvalue weighted by Gasteiger charge is 2.26. The molecule has 0 bridgehead atoms. The molecule has 1 atom stereocenters. The molecule has 1 unspecified atom stereocenters. The van der Waals surface area contributed by atoms with E-state index in [1.54, 1.807) is 18.6 Å². The molecule has 0 amide bonds. The van der Waals surface area contributed by atoms with Gasteiger partial charge in [-0.2, -0.15) is 0 Å². The lowest BCUT2D eigenvalue weighted by Gasteiger charge is -2.37. The number of hydrogen-bond donors (Lipinski definition) is 3. The number of piperidine rings is 1. The molecule has 25 heavy (non-hydrogen) atoms. The molecule has 1 fully saturated rings. The van der Waals surface area contributed by atoms with Gasteiger partial charge in [-0.05, 0) is 26.7 Å². The summed E-state index contributed by atoms with van der Waals surface area (Å²) in [6, 6.07) is 0. The van der Waals surface area contributed by atoms with Crippen LogP contribution in [-0.2, 0) is 4.84 Å². The fourth-order valence-corrected chi connectivity index (χ4v) is 2.88. The van der Waals surface area contributed by atoms with Gasteiger partial charge in [-0.15, -0.1) is 5.59 Å². The smallest absolute Gasteiger partial charge is 0.165 e. The summed E-state index contributed by atoms with van der Waals surface area (Å²) >= 11 is 6.06. The SMILES string of the molecule is Cc1ncc(N2CCC(C)(N)CC2)nc1NNOC1CC=NC=C1Cl. The Balaban J connectivity index is 1.58. The van der Waals surface area contributed by atoms with Gasteiger partial charge in [-0.3, -0.25) is 20.2 Å². The number of aryl methyl sites for hydroxylation is 1. The molecule has 0 spiro atoms. The highest BCUT2D eigenvalue weighted by atomic mass is 35.5. The normalized spacial score (nSPS) is 22.6. The fourth-order valence-electron chi connectivity index (χ4n) is 2.69. The zero-order valence-corrected chi connectivity index (χ0v) is 15.3. The maximum absolute atomic E-state index is 6.19. The summed E-state index contributed by atoms with van der Waals surface area (Å²) in [6.07, 6.45) is 7.32. The van der Waals surface area contributed by atoms with Crippen LogP contribution in [0.3, 0.4) is 0 Å². The van der Waals surface area contributed by atoms with Gasteiger partial charge in [-0.1, -0.05) is 11.6 Å². The van der Waals surface area contributed by atoms with Crippen LogP contribution >= 0.6 is 11.6 Å². The van der Waals surface area contributed by atoms with E-state index in [1.807, 2.05) is 6.92 Å².